The molecular weight excluding hydrogens is 405 g/mol. The fraction of sp³-hybridized carbons (Fsp3) is 0.294. The molecule has 0 aliphatic heterocycles. The summed E-state index contributed by atoms with van der Waals surface area (Å²) >= 11 is 11.3. The predicted octanol–water partition coefficient (Wildman–Crippen LogP) is 3.83. The Morgan fingerprint density at radius 1 is 1.30 bits per heavy atom. The van der Waals surface area contributed by atoms with Crippen LogP contribution in [0, 0.1) is 11.1 Å². The van der Waals surface area contributed by atoms with Gasteiger partial charge in [0.25, 0.3) is 5.91 Å². The van der Waals surface area contributed by atoms with Crippen molar-refractivity contribution in [2.45, 2.75) is 19.0 Å². The van der Waals surface area contributed by atoms with E-state index in [4.69, 9.17) is 27.9 Å². The maximum atomic E-state index is 14.2. The molecule has 1 saturated carbocycles. The molecule has 0 saturated heterocycles. The predicted molar refractivity (Wildman–Crippen MR) is 92.5 cm³/mol. The van der Waals surface area contributed by atoms with Crippen LogP contribution in [-0.4, -0.2) is 12.5 Å². The van der Waals surface area contributed by atoms with Crippen molar-refractivity contribution in [2.75, 3.05) is 6.61 Å². The third-order valence-electron chi connectivity index (χ3n) is 3.80. The Morgan fingerprint density at radius 2 is 1.96 bits per heavy atom. The zero-order valence-corrected chi connectivity index (χ0v) is 15.3. The van der Waals surface area contributed by atoms with Crippen molar-refractivity contribution in [2.24, 2.45) is 5.92 Å². The van der Waals surface area contributed by atoms with Crippen LogP contribution in [0.5, 0.6) is 5.75 Å². The van der Waals surface area contributed by atoms with E-state index < -0.39 is 27.6 Å². The molecular formula is C17H14Cl2F2N2O4. The van der Waals surface area contributed by atoms with Crippen LogP contribution in [0.15, 0.2) is 36.7 Å². The monoisotopic (exact) mass is 418 g/mol. The van der Waals surface area contributed by atoms with Crippen LogP contribution < -0.4 is 14.9 Å². The molecule has 0 radical (unpaired) electrons. The van der Waals surface area contributed by atoms with Gasteiger partial charge in [-0.25, -0.2) is 5.48 Å². The first-order valence-electron chi connectivity index (χ1n) is 7.93. The van der Waals surface area contributed by atoms with Gasteiger partial charge in [0.1, 0.15) is 21.4 Å². The maximum absolute atomic E-state index is 14.2. The average Bonchev–Trinajstić information content (AvgIpc) is 3.41. The lowest BCUT2D eigenvalue weighted by atomic mass is 10.2. The van der Waals surface area contributed by atoms with E-state index in [0.29, 0.717) is 30.7 Å². The van der Waals surface area contributed by atoms with Gasteiger partial charge < -0.3 is 9.94 Å². The highest BCUT2D eigenvalue weighted by atomic mass is 35.5. The van der Waals surface area contributed by atoms with E-state index in [1.165, 1.54) is 12.1 Å². The topological polar surface area (TPSA) is 74.5 Å². The number of nitrogens with zero attached hydrogens (tertiary/aromatic N) is 1. The molecule has 1 fully saturated rings. The number of amides is 1. The lowest BCUT2D eigenvalue weighted by Crippen LogP contribution is -2.34. The first-order chi connectivity index (χ1) is 12.8. The zero-order valence-electron chi connectivity index (χ0n) is 13.8. The molecule has 1 heterocycles. The molecule has 27 heavy (non-hydrogen) atoms. The normalized spacial score (nSPS) is 14.1. The first kappa shape index (κ1) is 19.6. The number of carbonyl (C=O) groups excluding carboxylic acids is 1. The molecule has 6 nitrogen and oxygen atoms in total. The summed E-state index contributed by atoms with van der Waals surface area (Å²) in [7, 11) is 0. The van der Waals surface area contributed by atoms with Crippen molar-refractivity contribution in [1.82, 2.24) is 5.48 Å². The minimum Gasteiger partial charge on any atom is -0.619 e. The summed E-state index contributed by atoms with van der Waals surface area (Å²) < 4.78 is 34.2. The molecule has 1 aromatic heterocycles. The molecule has 0 atom stereocenters. The minimum absolute atomic E-state index is 0.0711. The molecule has 1 aromatic carbocycles. The Hall–Kier alpha value is -2.16. The van der Waals surface area contributed by atoms with Gasteiger partial charge in [0.05, 0.1) is 6.61 Å². The molecule has 1 aliphatic carbocycles. The largest absolute Gasteiger partial charge is 0.619 e. The molecule has 0 spiro atoms. The van der Waals surface area contributed by atoms with Crippen molar-refractivity contribution >= 4 is 29.1 Å². The molecule has 1 aliphatic rings. The number of ether oxygens (including phenoxy) is 1. The third kappa shape index (κ3) is 4.97. The number of pyridine rings is 1. The van der Waals surface area contributed by atoms with Gasteiger partial charge >= 0.3 is 6.11 Å². The summed E-state index contributed by atoms with van der Waals surface area (Å²) in [6, 6.07) is 6.06. The molecule has 3 rings (SSSR count). The van der Waals surface area contributed by atoms with E-state index >= 15 is 0 Å². The SMILES string of the molecule is O=C(NOC(F)(F)c1c(Cl)c[n+]([O-])cc1Cl)c1cccc(OCC2CC2)c1. The summed E-state index contributed by atoms with van der Waals surface area (Å²) in [5, 5.41) is 9.94. The van der Waals surface area contributed by atoms with Crippen molar-refractivity contribution in [1.29, 1.82) is 0 Å². The second-order valence-corrected chi connectivity index (χ2v) is 6.84. The number of halogens is 4. The zero-order chi connectivity index (χ0) is 19.6. The molecule has 2 aromatic rings. The van der Waals surface area contributed by atoms with Crippen LogP contribution in [0.3, 0.4) is 0 Å². The quantitative estimate of drug-likeness (QED) is 0.421. The Labute approximate surface area is 163 Å². The van der Waals surface area contributed by atoms with Gasteiger partial charge in [-0.3, -0.25) is 4.79 Å². The lowest BCUT2D eigenvalue weighted by Gasteiger charge is -2.18. The van der Waals surface area contributed by atoms with Gasteiger partial charge in [-0.1, -0.05) is 29.3 Å². The number of hydrogen-bond acceptors (Lipinski definition) is 4. The summed E-state index contributed by atoms with van der Waals surface area (Å²) in [4.78, 5) is 16.3. The Kier molecular flexibility index (Phi) is 5.69. The molecule has 144 valence electrons. The Morgan fingerprint density at radius 3 is 2.59 bits per heavy atom. The standard InChI is InChI=1S/C17H14Cl2F2N2O4/c18-13-7-23(25)8-14(19)15(13)17(20,21)27-22-16(24)11-2-1-3-12(6-11)26-9-10-4-5-10/h1-3,6-8,10H,4-5,9H2,(H,22,24). The number of benzene rings is 1. The smallest absolute Gasteiger partial charge is 0.406 e. The fourth-order valence-electron chi connectivity index (χ4n) is 2.23. The van der Waals surface area contributed by atoms with Gasteiger partial charge in [0, 0.05) is 5.56 Å². The summed E-state index contributed by atoms with van der Waals surface area (Å²) in [6.07, 6.45) is -0.441. The van der Waals surface area contributed by atoms with Crippen molar-refractivity contribution in [3.63, 3.8) is 0 Å². The van der Waals surface area contributed by atoms with Crippen LogP contribution in [0.4, 0.5) is 8.78 Å². The average molecular weight is 419 g/mol. The van der Waals surface area contributed by atoms with Crippen LogP contribution in [0.1, 0.15) is 28.8 Å². The number of rotatable bonds is 7. The van der Waals surface area contributed by atoms with Crippen molar-refractivity contribution < 1.29 is 27.9 Å². The summed E-state index contributed by atoms with van der Waals surface area (Å²) in [5.74, 6) is 0.0711. The van der Waals surface area contributed by atoms with Crippen molar-refractivity contribution in [3.05, 3.63) is 63.0 Å². The fourth-order valence-corrected chi connectivity index (χ4v) is 2.89. The molecule has 1 N–H and O–H groups in total. The van der Waals surface area contributed by atoms with E-state index in [-0.39, 0.29) is 10.3 Å². The number of hydroxylamine groups is 1. The van der Waals surface area contributed by atoms with Crippen LogP contribution in [0.25, 0.3) is 0 Å². The molecule has 0 bridgehead atoms. The Balaban J connectivity index is 1.66. The minimum atomic E-state index is -4.06. The third-order valence-corrected chi connectivity index (χ3v) is 4.37. The second-order valence-electron chi connectivity index (χ2n) is 6.02. The molecule has 10 heteroatoms. The number of nitrogens with one attached hydrogen (secondary N) is 1. The maximum Gasteiger partial charge on any atom is 0.406 e. The van der Waals surface area contributed by atoms with Gasteiger partial charge in [-0.15, -0.1) is 0 Å². The highest BCUT2D eigenvalue weighted by Crippen LogP contribution is 2.37. The molecule has 0 unspecified atom stereocenters. The molecule has 1 amide bonds. The van der Waals surface area contributed by atoms with Crippen LogP contribution >= 0.6 is 23.2 Å². The van der Waals surface area contributed by atoms with Crippen molar-refractivity contribution in [3.8, 4) is 5.75 Å². The summed E-state index contributed by atoms with van der Waals surface area (Å²) in [6.45, 7) is 0.546. The van der Waals surface area contributed by atoms with E-state index in [2.05, 4.69) is 4.84 Å². The van der Waals surface area contributed by atoms with Gasteiger partial charge in [0.15, 0.2) is 12.4 Å². The van der Waals surface area contributed by atoms with E-state index in [0.717, 1.165) is 12.8 Å². The number of alkyl halides is 2. The summed E-state index contributed by atoms with van der Waals surface area (Å²) in [5.41, 5.74) is 0.805. The van der Waals surface area contributed by atoms with Crippen LogP contribution in [-0.2, 0) is 10.9 Å². The first-order valence-corrected chi connectivity index (χ1v) is 8.69. The van der Waals surface area contributed by atoms with Gasteiger partial charge in [-0.2, -0.15) is 18.3 Å². The second kappa shape index (κ2) is 7.84. The lowest BCUT2D eigenvalue weighted by molar-refractivity contribution is -0.605. The number of carbonyl (C=O) groups is 1. The highest BCUT2D eigenvalue weighted by molar-refractivity contribution is 6.35. The van der Waals surface area contributed by atoms with Gasteiger partial charge in [-0.05, 0) is 37.0 Å². The Bertz CT molecular complexity index is 840. The number of hydrogen-bond donors (Lipinski definition) is 1. The van der Waals surface area contributed by atoms with E-state index in [9.17, 15) is 18.8 Å². The number of aromatic nitrogens is 1. The van der Waals surface area contributed by atoms with Gasteiger partial charge in [0.2, 0.25) is 0 Å². The van der Waals surface area contributed by atoms with E-state index in [1.54, 1.807) is 17.6 Å². The van der Waals surface area contributed by atoms with E-state index in [1.807, 2.05) is 0 Å². The highest BCUT2D eigenvalue weighted by Gasteiger charge is 2.41. The van der Waals surface area contributed by atoms with Crippen LogP contribution in [0.2, 0.25) is 10.0 Å².